The smallest absolute Gasteiger partial charge is 0.311 e. The molecule has 0 aromatic heterocycles. The summed E-state index contributed by atoms with van der Waals surface area (Å²) in [5.74, 6) is -5.59. The molecule has 0 aromatic carbocycles. The van der Waals surface area contributed by atoms with Gasteiger partial charge in [-0.2, -0.15) is 0 Å². The largest absolute Gasteiger partial charge is 0.459 e. The van der Waals surface area contributed by atoms with Gasteiger partial charge >= 0.3 is 11.9 Å². The van der Waals surface area contributed by atoms with Crippen LogP contribution in [-0.2, 0) is 47.5 Å². The summed E-state index contributed by atoms with van der Waals surface area (Å²) in [6, 6.07) is -0.319. The van der Waals surface area contributed by atoms with Gasteiger partial charge in [-0.3, -0.25) is 14.4 Å². The molecule has 0 aliphatic carbocycles. The van der Waals surface area contributed by atoms with Crippen molar-refractivity contribution in [2.45, 2.75) is 193 Å². The number of ether oxygens (including phenoxy) is 7. The van der Waals surface area contributed by atoms with E-state index in [1.807, 2.05) is 25.9 Å². The number of carbonyl (C=O) groups is 3. The SMILES string of the molecule is CCC(=O)O[C@H]1C(O[C@@H]2[C@@H](C)[C@H](OC3C[C@@](C)(OC)[C@@H](O)[C@H](C)O3)[C@@H](C)C(=O)O[C@H](CC)[C@@](C)(O)[C@H](O)[C@@H](C)C(=O)[C@H](C)C[C@@]2(C)O)O[C@H](C)C[C@@H]1N(C)C. The summed E-state index contributed by atoms with van der Waals surface area (Å²) in [4.78, 5) is 42.9. The molecule has 55 heavy (non-hydrogen) atoms. The van der Waals surface area contributed by atoms with Crippen molar-refractivity contribution >= 4 is 17.7 Å². The molecule has 3 aliphatic rings. The lowest BCUT2D eigenvalue weighted by atomic mass is 9.74. The second kappa shape index (κ2) is 18.9. The first-order valence-electron chi connectivity index (χ1n) is 19.9. The van der Waals surface area contributed by atoms with E-state index >= 15 is 0 Å². The number of cyclic esters (lactones) is 1. The quantitative estimate of drug-likeness (QED) is 0.249. The van der Waals surface area contributed by atoms with E-state index in [1.165, 1.54) is 27.9 Å². The van der Waals surface area contributed by atoms with Crippen LogP contribution >= 0.6 is 0 Å². The van der Waals surface area contributed by atoms with Gasteiger partial charge in [0, 0.05) is 37.7 Å². The maximum absolute atomic E-state index is 14.2. The minimum atomic E-state index is -2.01. The number of methoxy groups -OCH3 is 1. The van der Waals surface area contributed by atoms with Crippen LogP contribution in [0.4, 0.5) is 0 Å². The highest BCUT2D eigenvalue weighted by Crippen LogP contribution is 2.41. The molecule has 15 nitrogen and oxygen atoms in total. The van der Waals surface area contributed by atoms with E-state index in [9.17, 15) is 34.8 Å². The molecule has 0 bridgehead atoms. The molecule has 15 heteroatoms. The lowest BCUT2D eigenvalue weighted by molar-refractivity contribution is -0.319. The van der Waals surface area contributed by atoms with Crippen LogP contribution < -0.4 is 0 Å². The minimum Gasteiger partial charge on any atom is -0.459 e. The summed E-state index contributed by atoms with van der Waals surface area (Å²) in [5, 5.41) is 46.6. The van der Waals surface area contributed by atoms with Crippen molar-refractivity contribution in [2.24, 2.45) is 23.7 Å². The first-order chi connectivity index (χ1) is 25.4. The summed E-state index contributed by atoms with van der Waals surface area (Å²) >= 11 is 0. The molecule has 0 radical (unpaired) electrons. The molecular weight excluding hydrogens is 718 g/mol. The maximum Gasteiger partial charge on any atom is 0.311 e. The number of nitrogens with zero attached hydrogens (tertiary/aromatic N) is 1. The van der Waals surface area contributed by atoms with Gasteiger partial charge in [0.15, 0.2) is 18.7 Å². The second-order valence-corrected chi connectivity index (χ2v) is 17.3. The number of likely N-dealkylation sites (N-methyl/N-ethyl adjacent to an activating group) is 1. The normalized spacial score (nSPS) is 46.9. The van der Waals surface area contributed by atoms with Gasteiger partial charge in [0.05, 0.1) is 53.7 Å². The summed E-state index contributed by atoms with van der Waals surface area (Å²) in [6.45, 7) is 18.0. The topological polar surface area (TPSA) is 200 Å². The number of aliphatic hydroxyl groups is 4. The Morgan fingerprint density at radius 1 is 0.891 bits per heavy atom. The molecule has 18 atom stereocenters. The third-order valence-corrected chi connectivity index (χ3v) is 12.4. The molecule has 3 saturated heterocycles. The summed E-state index contributed by atoms with van der Waals surface area (Å²) in [7, 11) is 5.21. The number of esters is 2. The van der Waals surface area contributed by atoms with Crippen LogP contribution in [0.3, 0.4) is 0 Å². The number of aliphatic hydroxyl groups excluding tert-OH is 2. The van der Waals surface area contributed by atoms with Gasteiger partial charge in [-0.05, 0) is 74.9 Å². The number of hydrogen-bond donors (Lipinski definition) is 4. The fourth-order valence-electron chi connectivity index (χ4n) is 8.76. The van der Waals surface area contributed by atoms with E-state index < -0.39 is 114 Å². The Bertz CT molecular complexity index is 1290. The van der Waals surface area contributed by atoms with Crippen LogP contribution in [0.2, 0.25) is 0 Å². The van der Waals surface area contributed by atoms with Crippen molar-refractivity contribution in [1.82, 2.24) is 4.90 Å². The summed E-state index contributed by atoms with van der Waals surface area (Å²) in [6.07, 6.45) is -9.68. The molecule has 3 heterocycles. The molecule has 320 valence electrons. The number of Topliss-reactive ketones (excluding diaryl/α,β-unsaturated/α-hetero) is 1. The minimum absolute atomic E-state index is 0.0760. The Kier molecular flexibility index (Phi) is 16.3. The zero-order valence-corrected chi connectivity index (χ0v) is 35.5. The molecule has 0 amide bonds. The van der Waals surface area contributed by atoms with Crippen molar-refractivity contribution in [2.75, 3.05) is 21.2 Å². The first kappa shape index (κ1) is 47.6. The van der Waals surface area contributed by atoms with Gasteiger partial charge in [0.25, 0.3) is 0 Å². The molecule has 3 fully saturated rings. The fraction of sp³-hybridized carbons (Fsp3) is 0.925. The van der Waals surface area contributed by atoms with Crippen molar-refractivity contribution in [3.8, 4) is 0 Å². The van der Waals surface area contributed by atoms with E-state index in [-0.39, 0.29) is 37.8 Å². The number of hydrogen-bond acceptors (Lipinski definition) is 15. The Balaban J connectivity index is 2.24. The van der Waals surface area contributed by atoms with Crippen LogP contribution in [0.5, 0.6) is 0 Å². The fourth-order valence-corrected chi connectivity index (χ4v) is 8.76. The van der Waals surface area contributed by atoms with E-state index in [2.05, 4.69) is 0 Å². The Morgan fingerprint density at radius 2 is 1.51 bits per heavy atom. The van der Waals surface area contributed by atoms with Crippen LogP contribution in [0, 0.1) is 23.7 Å². The van der Waals surface area contributed by atoms with Gasteiger partial charge in [0.2, 0.25) is 0 Å². The van der Waals surface area contributed by atoms with Gasteiger partial charge in [-0.25, -0.2) is 0 Å². The van der Waals surface area contributed by atoms with E-state index in [0.717, 1.165) is 0 Å². The molecule has 0 aromatic rings. The zero-order valence-electron chi connectivity index (χ0n) is 35.5. The molecular formula is C40H71NO14. The van der Waals surface area contributed by atoms with Gasteiger partial charge in [-0.15, -0.1) is 0 Å². The molecule has 4 N–H and O–H groups in total. The Hall–Kier alpha value is -1.79. The molecule has 3 aliphatic heterocycles. The third-order valence-electron chi connectivity index (χ3n) is 12.4. The van der Waals surface area contributed by atoms with Gasteiger partial charge in [0.1, 0.15) is 23.6 Å². The molecule has 3 rings (SSSR count). The third kappa shape index (κ3) is 10.6. The average molecular weight is 790 g/mol. The predicted octanol–water partition coefficient (Wildman–Crippen LogP) is 2.75. The summed E-state index contributed by atoms with van der Waals surface area (Å²) in [5.41, 5.74) is -4.92. The van der Waals surface area contributed by atoms with Crippen LogP contribution in [0.15, 0.2) is 0 Å². The van der Waals surface area contributed by atoms with Gasteiger partial charge in [-0.1, -0.05) is 34.6 Å². The Labute approximate surface area is 327 Å². The van der Waals surface area contributed by atoms with E-state index in [4.69, 9.17) is 33.2 Å². The lowest BCUT2D eigenvalue weighted by Gasteiger charge is -2.49. The van der Waals surface area contributed by atoms with Crippen molar-refractivity contribution < 1.29 is 68.0 Å². The van der Waals surface area contributed by atoms with Crippen LogP contribution in [0.25, 0.3) is 0 Å². The number of carbonyl (C=O) groups excluding carboxylic acids is 3. The monoisotopic (exact) mass is 789 g/mol. The van der Waals surface area contributed by atoms with Crippen molar-refractivity contribution in [3.63, 3.8) is 0 Å². The summed E-state index contributed by atoms with van der Waals surface area (Å²) < 4.78 is 43.6. The first-order valence-corrected chi connectivity index (χ1v) is 19.9. The standard InChI is InChI=1S/C40H71NO14/c1-15-27-40(11,48)33(44)22(5)30(43)20(3)18-38(9,47)35(55-37-32(53-28(42)16-2)26(41(12)13)17-21(4)50-37)23(6)31(24(7)36(46)52-27)54-29-19-39(10,49-14)34(45)25(8)51-29/h20-27,29,31-35,37,44-45,47-48H,15-19H2,1-14H3/t20-,21-,22+,23+,24-,25+,26+,27-,29?,31+,32-,33-,34+,35-,37?,38-,39-,40-/m1/s1. The highest BCUT2D eigenvalue weighted by Gasteiger charge is 2.54. The van der Waals surface area contributed by atoms with Gasteiger partial charge < -0.3 is 58.5 Å². The van der Waals surface area contributed by atoms with Crippen LogP contribution in [-0.4, -0.2) is 149 Å². The molecule has 0 saturated carbocycles. The molecule has 0 spiro atoms. The highest BCUT2D eigenvalue weighted by molar-refractivity contribution is 5.83. The van der Waals surface area contributed by atoms with Crippen molar-refractivity contribution in [1.29, 1.82) is 0 Å². The van der Waals surface area contributed by atoms with E-state index in [1.54, 1.807) is 48.5 Å². The van der Waals surface area contributed by atoms with E-state index in [0.29, 0.717) is 6.42 Å². The predicted molar refractivity (Wildman–Crippen MR) is 200 cm³/mol. The average Bonchev–Trinajstić information content (AvgIpc) is 3.11. The lowest BCUT2D eigenvalue weighted by Crippen LogP contribution is -2.61. The molecule has 2 unspecified atom stereocenters. The zero-order chi connectivity index (χ0) is 42.0. The van der Waals surface area contributed by atoms with Crippen LogP contribution in [0.1, 0.15) is 108 Å². The second-order valence-electron chi connectivity index (χ2n) is 17.3. The highest BCUT2D eigenvalue weighted by atomic mass is 16.7. The number of rotatable bonds is 9. The maximum atomic E-state index is 14.2. The van der Waals surface area contributed by atoms with Crippen molar-refractivity contribution in [3.05, 3.63) is 0 Å². The number of ketones is 1. The Morgan fingerprint density at radius 3 is 2.05 bits per heavy atom.